The highest BCUT2D eigenvalue weighted by Crippen LogP contribution is 2.46. The number of aromatic nitrogens is 2. The summed E-state index contributed by atoms with van der Waals surface area (Å²) in [5.41, 5.74) is 19.0. The Morgan fingerprint density at radius 1 is 0.210 bits per heavy atom. The monoisotopic (exact) mass is 788 g/mol. The summed E-state index contributed by atoms with van der Waals surface area (Å²) in [7, 11) is 0. The third-order valence-electron chi connectivity index (χ3n) is 12.5. The van der Waals surface area contributed by atoms with Crippen LogP contribution in [0.3, 0.4) is 0 Å². The van der Waals surface area contributed by atoms with Gasteiger partial charge in [0.2, 0.25) is 0 Å². The molecular formula is C60H40N2. The van der Waals surface area contributed by atoms with Crippen molar-refractivity contribution >= 4 is 43.6 Å². The summed E-state index contributed by atoms with van der Waals surface area (Å²) in [5.74, 6) is 0. The zero-order valence-electron chi connectivity index (χ0n) is 34.0. The molecule has 0 bridgehead atoms. The van der Waals surface area contributed by atoms with Gasteiger partial charge in [0, 0.05) is 32.8 Å². The van der Waals surface area contributed by atoms with Gasteiger partial charge in [-0.25, -0.2) is 0 Å². The Morgan fingerprint density at radius 2 is 0.516 bits per heavy atom. The maximum atomic E-state index is 2.49. The number of hydrogen-bond donors (Lipinski definition) is 0. The Hall–Kier alpha value is -8.20. The highest BCUT2D eigenvalue weighted by atomic mass is 15.0. The Bertz CT molecular complexity index is 3400. The Labute approximate surface area is 360 Å². The van der Waals surface area contributed by atoms with Crippen molar-refractivity contribution in [3.05, 3.63) is 243 Å². The second-order valence-corrected chi connectivity index (χ2v) is 16.0. The molecule has 0 fully saturated rings. The molecular weight excluding hydrogens is 749 g/mol. The predicted octanol–water partition coefficient (Wildman–Crippen LogP) is 16.2. The summed E-state index contributed by atoms with van der Waals surface area (Å²) in [4.78, 5) is 0. The van der Waals surface area contributed by atoms with Crippen molar-refractivity contribution < 1.29 is 0 Å². The van der Waals surface area contributed by atoms with Gasteiger partial charge < -0.3 is 9.13 Å². The first-order chi connectivity index (χ1) is 30.8. The van der Waals surface area contributed by atoms with Crippen LogP contribution in [0.25, 0.3) is 111 Å². The zero-order chi connectivity index (χ0) is 41.0. The quantitative estimate of drug-likeness (QED) is 0.152. The molecule has 0 aliphatic heterocycles. The number of nitrogens with zero attached hydrogens (tertiary/aromatic N) is 2. The van der Waals surface area contributed by atoms with Crippen molar-refractivity contribution in [1.82, 2.24) is 9.13 Å². The van der Waals surface area contributed by atoms with Gasteiger partial charge in [0.25, 0.3) is 0 Å². The maximum absolute atomic E-state index is 2.49. The zero-order valence-corrected chi connectivity index (χ0v) is 34.0. The van der Waals surface area contributed by atoms with Crippen LogP contribution in [0.15, 0.2) is 243 Å². The van der Waals surface area contributed by atoms with Gasteiger partial charge in [-0.05, 0) is 92.5 Å². The molecule has 62 heavy (non-hydrogen) atoms. The summed E-state index contributed by atoms with van der Waals surface area (Å²) >= 11 is 0. The molecule has 0 spiro atoms. The Kier molecular flexibility index (Phi) is 8.53. The van der Waals surface area contributed by atoms with Crippen LogP contribution < -0.4 is 0 Å². The van der Waals surface area contributed by atoms with Crippen molar-refractivity contribution in [2.45, 2.75) is 0 Å². The van der Waals surface area contributed by atoms with Crippen LogP contribution in [0.4, 0.5) is 0 Å². The summed E-state index contributed by atoms with van der Waals surface area (Å²) in [6, 6.07) is 88.3. The van der Waals surface area contributed by atoms with E-state index < -0.39 is 0 Å². The lowest BCUT2D eigenvalue weighted by Gasteiger charge is -2.16. The van der Waals surface area contributed by atoms with Gasteiger partial charge in [-0.2, -0.15) is 0 Å². The minimum absolute atomic E-state index is 1.12. The third-order valence-corrected chi connectivity index (χ3v) is 12.5. The van der Waals surface area contributed by atoms with Gasteiger partial charge in [-0.3, -0.25) is 0 Å². The summed E-state index contributed by atoms with van der Waals surface area (Å²) < 4.78 is 4.96. The van der Waals surface area contributed by atoms with Crippen molar-refractivity contribution in [3.63, 3.8) is 0 Å². The fraction of sp³-hybridized carbons (Fsp3) is 0. The number of rotatable bonds is 7. The molecule has 0 radical (unpaired) electrons. The summed E-state index contributed by atoms with van der Waals surface area (Å²) in [6.07, 6.45) is 0. The molecule has 0 saturated heterocycles. The second-order valence-electron chi connectivity index (χ2n) is 16.0. The summed E-state index contributed by atoms with van der Waals surface area (Å²) in [6.45, 7) is 0. The van der Waals surface area contributed by atoms with Crippen LogP contribution in [-0.2, 0) is 0 Å². The smallest absolute Gasteiger partial charge is 0.0547 e. The first-order valence-corrected chi connectivity index (χ1v) is 21.4. The van der Waals surface area contributed by atoms with E-state index >= 15 is 0 Å². The van der Waals surface area contributed by atoms with Crippen molar-refractivity contribution in [2.75, 3.05) is 0 Å². The van der Waals surface area contributed by atoms with Crippen LogP contribution in [-0.4, -0.2) is 9.13 Å². The first kappa shape index (κ1) is 35.7. The predicted molar refractivity (Wildman–Crippen MR) is 262 cm³/mol. The lowest BCUT2D eigenvalue weighted by atomic mass is 9.95. The lowest BCUT2D eigenvalue weighted by molar-refractivity contribution is 1.17. The molecule has 2 heterocycles. The third kappa shape index (κ3) is 5.73. The van der Waals surface area contributed by atoms with Gasteiger partial charge in [-0.15, -0.1) is 0 Å². The van der Waals surface area contributed by atoms with E-state index in [1.54, 1.807) is 0 Å². The SMILES string of the molecule is c1ccc(-c2cccc3c2c2c(-c4ccccc4)cccc2n3-c2cccc(-c3ccccc3-n3c4cccc(-c5ccccc5)c4c4c(-c5ccccc5)cccc43)c2)cc1. The minimum Gasteiger partial charge on any atom is -0.309 e. The van der Waals surface area contributed by atoms with E-state index in [0.717, 1.165) is 16.9 Å². The van der Waals surface area contributed by atoms with Crippen LogP contribution in [0.2, 0.25) is 0 Å². The van der Waals surface area contributed by atoms with E-state index in [2.05, 4.69) is 252 Å². The van der Waals surface area contributed by atoms with E-state index in [1.165, 1.54) is 93.7 Å². The Balaban J connectivity index is 1.11. The molecule has 0 saturated carbocycles. The normalized spacial score (nSPS) is 11.5. The van der Waals surface area contributed by atoms with Gasteiger partial charge in [0.15, 0.2) is 0 Å². The molecule has 12 aromatic rings. The minimum atomic E-state index is 1.12. The molecule has 12 rings (SSSR count). The molecule has 0 atom stereocenters. The molecule has 10 aromatic carbocycles. The molecule has 290 valence electrons. The number of fused-ring (bicyclic) bond motifs is 6. The van der Waals surface area contributed by atoms with Crippen molar-refractivity contribution in [3.8, 4) is 67.0 Å². The Morgan fingerprint density at radius 3 is 0.919 bits per heavy atom. The first-order valence-electron chi connectivity index (χ1n) is 21.4. The van der Waals surface area contributed by atoms with Gasteiger partial charge in [0.05, 0.1) is 27.8 Å². The molecule has 2 nitrogen and oxygen atoms in total. The molecule has 0 N–H and O–H groups in total. The average molecular weight is 789 g/mol. The van der Waals surface area contributed by atoms with E-state index in [-0.39, 0.29) is 0 Å². The highest BCUT2D eigenvalue weighted by Gasteiger charge is 2.23. The van der Waals surface area contributed by atoms with Crippen molar-refractivity contribution in [1.29, 1.82) is 0 Å². The van der Waals surface area contributed by atoms with Crippen LogP contribution in [0.5, 0.6) is 0 Å². The fourth-order valence-corrected chi connectivity index (χ4v) is 9.91. The molecule has 0 unspecified atom stereocenters. The average Bonchev–Trinajstić information content (AvgIpc) is 3.89. The highest BCUT2D eigenvalue weighted by molar-refractivity contribution is 6.22. The summed E-state index contributed by atoms with van der Waals surface area (Å²) in [5, 5.41) is 5.02. The lowest BCUT2D eigenvalue weighted by Crippen LogP contribution is -1.98. The van der Waals surface area contributed by atoms with Gasteiger partial charge in [0.1, 0.15) is 0 Å². The number of hydrogen-bond acceptors (Lipinski definition) is 0. The topological polar surface area (TPSA) is 9.86 Å². The van der Waals surface area contributed by atoms with Gasteiger partial charge >= 0.3 is 0 Å². The van der Waals surface area contributed by atoms with Crippen LogP contribution >= 0.6 is 0 Å². The molecule has 0 aliphatic carbocycles. The molecule has 0 amide bonds. The van der Waals surface area contributed by atoms with E-state index in [0.29, 0.717) is 0 Å². The molecule has 0 aliphatic rings. The molecule has 2 aromatic heterocycles. The van der Waals surface area contributed by atoms with E-state index in [9.17, 15) is 0 Å². The number of benzene rings is 10. The van der Waals surface area contributed by atoms with Crippen LogP contribution in [0, 0.1) is 0 Å². The van der Waals surface area contributed by atoms with Crippen molar-refractivity contribution in [2.24, 2.45) is 0 Å². The van der Waals surface area contributed by atoms with Gasteiger partial charge in [-0.1, -0.05) is 200 Å². The number of para-hydroxylation sites is 1. The maximum Gasteiger partial charge on any atom is 0.0547 e. The molecule has 2 heteroatoms. The van der Waals surface area contributed by atoms with Crippen LogP contribution in [0.1, 0.15) is 0 Å². The van der Waals surface area contributed by atoms with E-state index in [4.69, 9.17) is 0 Å². The second kappa shape index (κ2) is 14.8. The van der Waals surface area contributed by atoms with E-state index in [1.807, 2.05) is 0 Å². The largest absolute Gasteiger partial charge is 0.309 e. The standard InChI is InChI=1S/C60H40N2/c1-5-20-41(21-6-1)48-31-16-36-53-57(48)58-49(42-22-7-2-8-23-42)32-17-37-54(58)61(53)46-29-15-28-45(40-46)47-30-13-14-35-52(47)62-55-38-18-33-50(43-24-9-3-10-25-43)59(55)60-51(34-19-39-56(60)62)44-26-11-4-12-27-44/h1-40H. The fourth-order valence-electron chi connectivity index (χ4n) is 9.91.